The standard InChI is InChI=1S/C28H28N4O2S2.ClH/c1-4-31(5-2)14-15-32(28-30-23-17-19(34-3)12-13-26(23)36-28)27(33)21-18-24(25-11-8-16-35-25)29-22-10-7-6-9-20(21)22;/h6-13,16-18H,4-5,14-15H2,1-3H3;1H. The molecule has 0 aliphatic heterocycles. The number of benzene rings is 2. The van der Waals surface area contributed by atoms with Crippen molar-refractivity contribution >= 4 is 67.2 Å². The molecule has 192 valence electrons. The van der Waals surface area contributed by atoms with Gasteiger partial charge in [-0.05, 0) is 48.8 Å². The lowest BCUT2D eigenvalue weighted by Crippen LogP contribution is -2.39. The molecule has 0 aliphatic carbocycles. The number of thiazole rings is 1. The van der Waals surface area contributed by atoms with Crippen molar-refractivity contribution < 1.29 is 9.53 Å². The number of rotatable bonds is 9. The Morgan fingerprint density at radius 1 is 0.946 bits per heavy atom. The minimum atomic E-state index is -0.0652. The first-order chi connectivity index (χ1) is 17.6. The Bertz CT molecular complexity index is 1500. The van der Waals surface area contributed by atoms with Crippen LogP contribution in [0.15, 0.2) is 66.0 Å². The van der Waals surface area contributed by atoms with Crippen LogP contribution >= 0.6 is 35.1 Å². The van der Waals surface area contributed by atoms with Crippen LogP contribution in [-0.2, 0) is 0 Å². The van der Waals surface area contributed by atoms with E-state index in [4.69, 9.17) is 14.7 Å². The van der Waals surface area contributed by atoms with Gasteiger partial charge in [0.25, 0.3) is 5.91 Å². The van der Waals surface area contributed by atoms with Crippen molar-refractivity contribution in [2.24, 2.45) is 0 Å². The van der Waals surface area contributed by atoms with Gasteiger partial charge in [0.1, 0.15) is 5.75 Å². The summed E-state index contributed by atoms with van der Waals surface area (Å²) in [7, 11) is 1.65. The SMILES string of the molecule is CCN(CC)CCN(C(=O)c1cc(-c2cccs2)nc2ccccc12)c1nc2cc(OC)ccc2s1.Cl. The van der Waals surface area contributed by atoms with E-state index in [2.05, 4.69) is 18.7 Å². The van der Waals surface area contributed by atoms with E-state index >= 15 is 0 Å². The zero-order valence-corrected chi connectivity index (χ0v) is 23.5. The van der Waals surface area contributed by atoms with Crippen molar-refractivity contribution in [2.45, 2.75) is 13.8 Å². The van der Waals surface area contributed by atoms with Crippen LogP contribution in [0, 0.1) is 0 Å². The Kier molecular flexibility index (Phi) is 8.76. The van der Waals surface area contributed by atoms with E-state index in [0.29, 0.717) is 17.2 Å². The lowest BCUT2D eigenvalue weighted by atomic mass is 10.1. The first kappa shape index (κ1) is 27.0. The molecule has 1 amide bonds. The van der Waals surface area contributed by atoms with Crippen molar-refractivity contribution in [2.75, 3.05) is 38.2 Å². The number of nitrogens with zero attached hydrogens (tertiary/aromatic N) is 4. The molecule has 0 atom stereocenters. The van der Waals surface area contributed by atoms with Gasteiger partial charge in [-0.15, -0.1) is 23.7 Å². The molecule has 0 radical (unpaired) electrons. The number of carbonyl (C=O) groups excluding carboxylic acids is 1. The molecule has 0 spiro atoms. The minimum Gasteiger partial charge on any atom is -0.497 e. The highest BCUT2D eigenvalue weighted by atomic mass is 35.5. The van der Waals surface area contributed by atoms with Crippen LogP contribution < -0.4 is 9.64 Å². The Balaban J connectivity index is 0.00000320. The van der Waals surface area contributed by atoms with E-state index in [0.717, 1.165) is 57.1 Å². The van der Waals surface area contributed by atoms with Crippen LogP contribution in [0.4, 0.5) is 5.13 Å². The van der Waals surface area contributed by atoms with Gasteiger partial charge < -0.3 is 9.64 Å². The van der Waals surface area contributed by atoms with Gasteiger partial charge in [0.05, 0.1) is 39.0 Å². The number of fused-ring (bicyclic) bond motifs is 2. The number of methoxy groups -OCH3 is 1. The van der Waals surface area contributed by atoms with E-state index in [1.165, 1.54) is 11.3 Å². The fourth-order valence-electron chi connectivity index (χ4n) is 4.25. The molecule has 0 N–H and O–H groups in total. The number of halogens is 1. The molecule has 0 saturated carbocycles. The molecule has 5 aromatic rings. The average molecular weight is 553 g/mol. The lowest BCUT2D eigenvalue weighted by Gasteiger charge is -2.25. The molecule has 0 aliphatic rings. The van der Waals surface area contributed by atoms with Crippen LogP contribution in [0.5, 0.6) is 5.75 Å². The number of hydrogen-bond acceptors (Lipinski definition) is 7. The third-order valence-electron chi connectivity index (χ3n) is 6.31. The van der Waals surface area contributed by atoms with Crippen LogP contribution in [0.2, 0.25) is 0 Å². The van der Waals surface area contributed by atoms with Crippen molar-refractivity contribution in [3.8, 4) is 16.3 Å². The molecule has 0 unspecified atom stereocenters. The van der Waals surface area contributed by atoms with Gasteiger partial charge in [-0.3, -0.25) is 9.69 Å². The third kappa shape index (κ3) is 5.62. The Hall–Kier alpha value is -3.04. The van der Waals surface area contributed by atoms with Crippen LogP contribution in [0.3, 0.4) is 0 Å². The number of anilines is 1. The number of carbonyl (C=O) groups is 1. The number of likely N-dealkylation sites (N-methyl/N-ethyl adjacent to an activating group) is 1. The van der Waals surface area contributed by atoms with E-state index in [-0.39, 0.29) is 18.3 Å². The first-order valence-electron chi connectivity index (χ1n) is 12.0. The van der Waals surface area contributed by atoms with E-state index in [9.17, 15) is 4.79 Å². The maximum atomic E-state index is 14.3. The Morgan fingerprint density at radius 2 is 1.76 bits per heavy atom. The number of amides is 1. The highest BCUT2D eigenvalue weighted by Crippen LogP contribution is 2.34. The number of thiophene rings is 1. The predicted octanol–water partition coefficient (Wildman–Crippen LogP) is 6.99. The van der Waals surface area contributed by atoms with E-state index < -0.39 is 0 Å². The largest absolute Gasteiger partial charge is 0.497 e. The molecule has 37 heavy (non-hydrogen) atoms. The Morgan fingerprint density at radius 3 is 2.49 bits per heavy atom. The number of pyridine rings is 1. The van der Waals surface area contributed by atoms with Crippen LogP contribution in [0.1, 0.15) is 24.2 Å². The summed E-state index contributed by atoms with van der Waals surface area (Å²) in [6.45, 7) is 7.44. The van der Waals surface area contributed by atoms with Crippen LogP contribution in [0.25, 0.3) is 31.7 Å². The summed E-state index contributed by atoms with van der Waals surface area (Å²) in [5.41, 5.74) is 3.09. The van der Waals surface area contributed by atoms with Gasteiger partial charge in [0.15, 0.2) is 5.13 Å². The zero-order chi connectivity index (χ0) is 25.1. The Labute approximate surface area is 230 Å². The number of ether oxygens (including phenoxy) is 1. The topological polar surface area (TPSA) is 58.6 Å². The van der Waals surface area contributed by atoms with Crippen molar-refractivity contribution in [3.05, 3.63) is 71.6 Å². The summed E-state index contributed by atoms with van der Waals surface area (Å²) >= 11 is 3.15. The quantitative estimate of drug-likeness (QED) is 0.197. The first-order valence-corrected chi connectivity index (χ1v) is 13.7. The summed E-state index contributed by atoms with van der Waals surface area (Å²) in [5.74, 6) is 0.686. The van der Waals surface area contributed by atoms with Gasteiger partial charge in [0, 0.05) is 24.5 Å². The van der Waals surface area contributed by atoms with Gasteiger partial charge in [-0.1, -0.05) is 49.4 Å². The van der Waals surface area contributed by atoms with Gasteiger partial charge in [-0.25, -0.2) is 9.97 Å². The minimum absolute atomic E-state index is 0. The normalized spacial score (nSPS) is 11.1. The monoisotopic (exact) mass is 552 g/mol. The number of para-hydroxylation sites is 1. The summed E-state index contributed by atoms with van der Waals surface area (Å²) in [6.07, 6.45) is 0. The van der Waals surface area contributed by atoms with Gasteiger partial charge in [-0.2, -0.15) is 0 Å². The molecule has 0 saturated heterocycles. The molecule has 5 rings (SSSR count). The molecule has 0 fully saturated rings. The zero-order valence-electron chi connectivity index (χ0n) is 21.0. The fraction of sp³-hybridized carbons (Fsp3) is 0.250. The molecule has 6 nitrogen and oxygen atoms in total. The van der Waals surface area contributed by atoms with Gasteiger partial charge >= 0.3 is 0 Å². The second-order valence-electron chi connectivity index (χ2n) is 8.36. The smallest absolute Gasteiger partial charge is 0.260 e. The third-order valence-corrected chi connectivity index (χ3v) is 8.27. The highest BCUT2D eigenvalue weighted by Gasteiger charge is 2.25. The molecular weight excluding hydrogens is 524 g/mol. The van der Waals surface area contributed by atoms with Crippen molar-refractivity contribution in [1.82, 2.24) is 14.9 Å². The maximum Gasteiger partial charge on any atom is 0.260 e. The molecular formula is C28H29ClN4O2S2. The summed E-state index contributed by atoms with van der Waals surface area (Å²) in [5, 5.41) is 3.56. The highest BCUT2D eigenvalue weighted by molar-refractivity contribution is 7.22. The molecule has 3 heterocycles. The second-order valence-corrected chi connectivity index (χ2v) is 10.3. The number of hydrogen-bond donors (Lipinski definition) is 0. The van der Waals surface area contributed by atoms with Gasteiger partial charge in [0.2, 0.25) is 0 Å². The number of aromatic nitrogens is 2. The molecule has 9 heteroatoms. The fourth-order valence-corrected chi connectivity index (χ4v) is 5.91. The molecule has 0 bridgehead atoms. The lowest BCUT2D eigenvalue weighted by molar-refractivity contribution is 0.0985. The van der Waals surface area contributed by atoms with Crippen LogP contribution in [-0.4, -0.2) is 54.1 Å². The van der Waals surface area contributed by atoms with E-state index in [1.807, 2.05) is 70.9 Å². The average Bonchev–Trinajstić information content (AvgIpc) is 3.60. The molecule has 3 aromatic heterocycles. The maximum absolute atomic E-state index is 14.3. The second kappa shape index (κ2) is 12.0. The van der Waals surface area contributed by atoms with E-state index in [1.54, 1.807) is 18.4 Å². The summed E-state index contributed by atoms with van der Waals surface area (Å²) in [4.78, 5) is 29.2. The molecule has 2 aromatic carbocycles. The summed E-state index contributed by atoms with van der Waals surface area (Å²) in [6, 6.07) is 19.7. The van der Waals surface area contributed by atoms with Crippen molar-refractivity contribution in [3.63, 3.8) is 0 Å². The van der Waals surface area contributed by atoms with Crippen molar-refractivity contribution in [1.29, 1.82) is 0 Å². The predicted molar refractivity (Wildman–Crippen MR) is 158 cm³/mol. The summed E-state index contributed by atoms with van der Waals surface area (Å²) < 4.78 is 6.40.